The molecule has 1 unspecified atom stereocenters. The molecule has 3 heterocycles. The molecule has 1 aliphatic heterocycles. The molecule has 0 aromatic carbocycles. The summed E-state index contributed by atoms with van der Waals surface area (Å²) in [5, 5.41) is 7.49. The van der Waals surface area contributed by atoms with Crippen molar-refractivity contribution in [3.63, 3.8) is 0 Å². The fourth-order valence-electron chi connectivity index (χ4n) is 2.11. The number of rotatable bonds is 2. The summed E-state index contributed by atoms with van der Waals surface area (Å²) < 4.78 is 5.39. The van der Waals surface area contributed by atoms with Crippen molar-refractivity contribution in [3.8, 4) is 10.7 Å². The third kappa shape index (κ3) is 1.98. The Morgan fingerprint density at radius 3 is 3.12 bits per heavy atom. The molecule has 2 aromatic rings. The van der Waals surface area contributed by atoms with Crippen molar-refractivity contribution >= 4 is 11.3 Å². The largest absolute Gasteiger partial charge is 0.337 e. The Bertz CT molecular complexity index is 487. The third-order valence-electron chi connectivity index (χ3n) is 3.17. The average Bonchev–Trinajstić information content (AvgIpc) is 3.01. The van der Waals surface area contributed by atoms with E-state index in [0.29, 0.717) is 11.7 Å². The molecule has 3 rings (SSSR count). The van der Waals surface area contributed by atoms with E-state index in [1.807, 2.05) is 0 Å². The molecule has 1 aliphatic rings. The zero-order chi connectivity index (χ0) is 11.7. The van der Waals surface area contributed by atoms with Gasteiger partial charge in [0, 0.05) is 6.20 Å². The van der Waals surface area contributed by atoms with Gasteiger partial charge in [-0.3, -0.25) is 4.98 Å². The number of piperidine rings is 1. The molecule has 17 heavy (non-hydrogen) atoms. The second kappa shape index (κ2) is 4.19. The van der Waals surface area contributed by atoms with Gasteiger partial charge < -0.3 is 9.84 Å². The van der Waals surface area contributed by atoms with Gasteiger partial charge in [0.15, 0.2) is 0 Å². The van der Waals surface area contributed by atoms with Crippen molar-refractivity contribution in [1.29, 1.82) is 0 Å². The first kappa shape index (κ1) is 10.9. The molecule has 0 aliphatic carbocycles. The molecule has 1 saturated heterocycles. The highest BCUT2D eigenvalue weighted by Gasteiger charge is 2.34. The van der Waals surface area contributed by atoms with Crippen LogP contribution in [0.4, 0.5) is 0 Å². The van der Waals surface area contributed by atoms with Gasteiger partial charge in [0.1, 0.15) is 0 Å². The maximum Gasteiger partial charge on any atom is 0.247 e. The first-order chi connectivity index (χ1) is 8.28. The fraction of sp³-hybridized carbons (Fsp3) is 0.545. The van der Waals surface area contributed by atoms with E-state index >= 15 is 0 Å². The maximum absolute atomic E-state index is 5.39. The zero-order valence-corrected chi connectivity index (χ0v) is 10.5. The summed E-state index contributed by atoms with van der Waals surface area (Å²) in [6, 6.07) is 0. The Labute approximate surface area is 103 Å². The van der Waals surface area contributed by atoms with Gasteiger partial charge in [-0.1, -0.05) is 5.16 Å². The van der Waals surface area contributed by atoms with E-state index in [-0.39, 0.29) is 5.54 Å². The van der Waals surface area contributed by atoms with E-state index in [1.54, 1.807) is 11.7 Å². The van der Waals surface area contributed by atoms with Crippen LogP contribution >= 0.6 is 11.3 Å². The summed E-state index contributed by atoms with van der Waals surface area (Å²) in [4.78, 5) is 9.44. The van der Waals surface area contributed by atoms with Crippen LogP contribution in [0.2, 0.25) is 0 Å². The van der Waals surface area contributed by atoms with Crippen molar-refractivity contribution in [2.45, 2.75) is 31.7 Å². The Morgan fingerprint density at radius 1 is 1.47 bits per heavy atom. The summed E-state index contributed by atoms with van der Waals surface area (Å²) in [5.41, 5.74) is 1.60. The summed E-state index contributed by atoms with van der Waals surface area (Å²) in [6.45, 7) is 3.13. The first-order valence-electron chi connectivity index (χ1n) is 5.76. The van der Waals surface area contributed by atoms with Crippen LogP contribution < -0.4 is 5.32 Å². The van der Waals surface area contributed by atoms with Crippen LogP contribution in [0.15, 0.2) is 16.2 Å². The van der Waals surface area contributed by atoms with Gasteiger partial charge in [0.25, 0.3) is 0 Å². The van der Waals surface area contributed by atoms with Gasteiger partial charge in [-0.15, -0.1) is 11.3 Å². The highest BCUT2D eigenvalue weighted by atomic mass is 32.1. The van der Waals surface area contributed by atoms with E-state index in [2.05, 4.69) is 27.4 Å². The molecular formula is C11H14N4OS. The van der Waals surface area contributed by atoms with Gasteiger partial charge in [-0.05, 0) is 32.7 Å². The number of thiazole rings is 1. The average molecular weight is 250 g/mol. The molecule has 0 amide bonds. The monoisotopic (exact) mass is 250 g/mol. The number of nitrogens with zero attached hydrogens (tertiary/aromatic N) is 3. The number of nitrogens with one attached hydrogen (secondary N) is 1. The lowest BCUT2D eigenvalue weighted by molar-refractivity contribution is 0.207. The second-order valence-electron chi connectivity index (χ2n) is 4.50. The first-order valence-corrected chi connectivity index (χ1v) is 6.64. The highest BCUT2D eigenvalue weighted by molar-refractivity contribution is 7.13. The van der Waals surface area contributed by atoms with Gasteiger partial charge in [0.05, 0.1) is 15.9 Å². The normalized spacial score (nSPS) is 25.0. The minimum atomic E-state index is -0.172. The minimum absolute atomic E-state index is 0.172. The lowest BCUT2D eigenvalue weighted by atomic mass is 9.91. The molecule has 5 nitrogen and oxygen atoms in total. The van der Waals surface area contributed by atoms with Crippen LogP contribution in [-0.4, -0.2) is 21.7 Å². The van der Waals surface area contributed by atoms with Crippen LogP contribution in [0.1, 0.15) is 32.1 Å². The molecule has 0 saturated carbocycles. The number of hydrogen-bond donors (Lipinski definition) is 1. The Morgan fingerprint density at radius 2 is 2.41 bits per heavy atom. The predicted octanol–water partition coefficient (Wildman–Crippen LogP) is 2.18. The molecule has 0 bridgehead atoms. The number of hydrogen-bond acceptors (Lipinski definition) is 6. The summed E-state index contributed by atoms with van der Waals surface area (Å²) >= 11 is 1.52. The summed E-state index contributed by atoms with van der Waals surface area (Å²) in [6.07, 6.45) is 5.21. The summed E-state index contributed by atoms with van der Waals surface area (Å²) in [7, 11) is 0. The fourth-order valence-corrected chi connectivity index (χ4v) is 2.66. The van der Waals surface area contributed by atoms with Gasteiger partial charge >= 0.3 is 0 Å². The smallest absolute Gasteiger partial charge is 0.247 e. The van der Waals surface area contributed by atoms with Crippen LogP contribution in [0, 0.1) is 0 Å². The SMILES string of the molecule is CC1(c2nc(-c3cncs3)no2)CCCCN1. The maximum atomic E-state index is 5.39. The molecule has 2 aromatic heterocycles. The van der Waals surface area contributed by atoms with Gasteiger partial charge in [0.2, 0.25) is 11.7 Å². The highest BCUT2D eigenvalue weighted by Crippen LogP contribution is 2.30. The van der Waals surface area contributed by atoms with Crippen molar-refractivity contribution in [2.75, 3.05) is 6.54 Å². The molecule has 90 valence electrons. The van der Waals surface area contributed by atoms with Crippen LogP contribution in [0.3, 0.4) is 0 Å². The van der Waals surface area contributed by atoms with Crippen LogP contribution in [0.5, 0.6) is 0 Å². The molecule has 0 radical (unpaired) electrons. The van der Waals surface area contributed by atoms with Crippen molar-refractivity contribution in [3.05, 3.63) is 17.6 Å². The standard InChI is InChI=1S/C11H14N4OS/c1-11(4-2-3-5-13-11)10-14-9(15-16-10)8-6-12-7-17-8/h6-7,13H,2-5H2,1H3. The summed E-state index contributed by atoms with van der Waals surface area (Å²) in [5.74, 6) is 1.32. The minimum Gasteiger partial charge on any atom is -0.337 e. The Hall–Kier alpha value is -1.27. The third-order valence-corrected chi connectivity index (χ3v) is 3.94. The van der Waals surface area contributed by atoms with Gasteiger partial charge in [-0.2, -0.15) is 4.98 Å². The van der Waals surface area contributed by atoms with E-state index in [4.69, 9.17) is 4.52 Å². The van der Waals surface area contributed by atoms with Crippen molar-refractivity contribution in [2.24, 2.45) is 0 Å². The molecule has 6 heteroatoms. The van der Waals surface area contributed by atoms with E-state index in [1.165, 1.54) is 24.2 Å². The quantitative estimate of drug-likeness (QED) is 0.885. The van der Waals surface area contributed by atoms with E-state index in [9.17, 15) is 0 Å². The Balaban J connectivity index is 1.89. The van der Waals surface area contributed by atoms with Crippen LogP contribution in [0.25, 0.3) is 10.7 Å². The zero-order valence-electron chi connectivity index (χ0n) is 9.64. The Kier molecular flexibility index (Phi) is 2.68. The van der Waals surface area contributed by atoms with Crippen molar-refractivity contribution < 1.29 is 4.52 Å². The molecule has 1 fully saturated rings. The van der Waals surface area contributed by atoms with Gasteiger partial charge in [-0.25, -0.2) is 0 Å². The topological polar surface area (TPSA) is 63.8 Å². The molecule has 1 N–H and O–H groups in total. The molecular weight excluding hydrogens is 236 g/mol. The lowest BCUT2D eigenvalue weighted by Crippen LogP contribution is -2.43. The van der Waals surface area contributed by atoms with Crippen LogP contribution in [-0.2, 0) is 5.54 Å². The lowest BCUT2D eigenvalue weighted by Gasteiger charge is -2.31. The molecule has 0 spiro atoms. The van der Waals surface area contributed by atoms with E-state index in [0.717, 1.165) is 17.8 Å². The predicted molar refractivity (Wildman–Crippen MR) is 64.6 cm³/mol. The second-order valence-corrected chi connectivity index (χ2v) is 5.39. The van der Waals surface area contributed by atoms with Crippen molar-refractivity contribution in [1.82, 2.24) is 20.4 Å². The van der Waals surface area contributed by atoms with E-state index < -0.39 is 0 Å². The number of aromatic nitrogens is 3. The molecule has 1 atom stereocenters.